The van der Waals surface area contributed by atoms with E-state index in [4.69, 9.17) is 9.52 Å². The SMILES string of the molecule is Cc1cnc(C(C)NC(=O)N2CCCCC2C(=O)O)o1. The van der Waals surface area contributed by atoms with Crippen LogP contribution in [-0.2, 0) is 4.79 Å². The number of carboxylic acid groups (broad SMARTS) is 1. The zero-order valence-corrected chi connectivity index (χ0v) is 11.6. The molecular formula is C13H19N3O4. The zero-order chi connectivity index (χ0) is 14.7. The highest BCUT2D eigenvalue weighted by Gasteiger charge is 2.32. The van der Waals surface area contributed by atoms with Crippen molar-refractivity contribution in [3.8, 4) is 0 Å². The number of carbonyl (C=O) groups is 2. The molecule has 0 saturated carbocycles. The first-order valence-electron chi connectivity index (χ1n) is 6.71. The Labute approximate surface area is 117 Å². The Hall–Kier alpha value is -2.05. The number of piperidine rings is 1. The molecule has 1 aromatic heterocycles. The predicted octanol–water partition coefficient (Wildman–Crippen LogP) is 1.69. The van der Waals surface area contributed by atoms with Crippen molar-refractivity contribution in [1.29, 1.82) is 0 Å². The van der Waals surface area contributed by atoms with E-state index in [9.17, 15) is 9.59 Å². The highest BCUT2D eigenvalue weighted by Crippen LogP contribution is 2.19. The van der Waals surface area contributed by atoms with Gasteiger partial charge in [-0.25, -0.2) is 14.6 Å². The Bertz CT molecular complexity index is 500. The van der Waals surface area contributed by atoms with Gasteiger partial charge in [0.15, 0.2) is 0 Å². The number of urea groups is 1. The van der Waals surface area contributed by atoms with Crippen molar-refractivity contribution < 1.29 is 19.1 Å². The Kier molecular flexibility index (Phi) is 4.26. The fraction of sp³-hybridized carbons (Fsp3) is 0.615. The number of rotatable bonds is 3. The Balaban J connectivity index is 2.01. The lowest BCUT2D eigenvalue weighted by Gasteiger charge is -2.33. The highest BCUT2D eigenvalue weighted by atomic mass is 16.4. The molecule has 0 spiro atoms. The van der Waals surface area contributed by atoms with E-state index in [1.54, 1.807) is 20.0 Å². The van der Waals surface area contributed by atoms with Crippen LogP contribution in [-0.4, -0.2) is 39.6 Å². The average molecular weight is 281 g/mol. The third-order valence-corrected chi connectivity index (χ3v) is 3.40. The maximum absolute atomic E-state index is 12.2. The van der Waals surface area contributed by atoms with Gasteiger partial charge in [0.05, 0.1) is 6.20 Å². The number of amides is 2. The summed E-state index contributed by atoms with van der Waals surface area (Å²) in [5.41, 5.74) is 0. The van der Waals surface area contributed by atoms with Crippen LogP contribution < -0.4 is 5.32 Å². The molecule has 2 amide bonds. The summed E-state index contributed by atoms with van der Waals surface area (Å²) in [6.45, 7) is 3.99. The van der Waals surface area contributed by atoms with Gasteiger partial charge in [0.1, 0.15) is 17.8 Å². The van der Waals surface area contributed by atoms with Gasteiger partial charge in [0.25, 0.3) is 0 Å². The van der Waals surface area contributed by atoms with E-state index in [1.807, 2.05) is 0 Å². The van der Waals surface area contributed by atoms with E-state index in [-0.39, 0.29) is 6.03 Å². The first-order valence-corrected chi connectivity index (χ1v) is 6.71. The van der Waals surface area contributed by atoms with Crippen molar-refractivity contribution >= 4 is 12.0 Å². The van der Waals surface area contributed by atoms with Crippen LogP contribution in [0.5, 0.6) is 0 Å². The van der Waals surface area contributed by atoms with Crippen LogP contribution in [0.25, 0.3) is 0 Å². The van der Waals surface area contributed by atoms with Gasteiger partial charge in [0, 0.05) is 6.54 Å². The number of hydrogen-bond acceptors (Lipinski definition) is 4. The number of likely N-dealkylation sites (tertiary alicyclic amines) is 1. The lowest BCUT2D eigenvalue weighted by atomic mass is 10.0. The molecule has 2 unspecified atom stereocenters. The van der Waals surface area contributed by atoms with Gasteiger partial charge in [-0.1, -0.05) is 0 Å². The number of aromatic nitrogens is 1. The first kappa shape index (κ1) is 14.4. The molecule has 1 saturated heterocycles. The minimum Gasteiger partial charge on any atom is -0.480 e. The molecule has 7 nitrogen and oxygen atoms in total. The maximum atomic E-state index is 12.2. The van der Waals surface area contributed by atoms with Crippen LogP contribution in [0.4, 0.5) is 4.79 Å². The van der Waals surface area contributed by atoms with Crippen LogP contribution in [0.1, 0.15) is 43.9 Å². The normalized spacial score (nSPS) is 20.5. The summed E-state index contributed by atoms with van der Waals surface area (Å²) in [4.78, 5) is 28.8. The fourth-order valence-electron chi connectivity index (χ4n) is 2.33. The quantitative estimate of drug-likeness (QED) is 0.879. The minimum absolute atomic E-state index is 0.388. The molecule has 110 valence electrons. The van der Waals surface area contributed by atoms with Gasteiger partial charge in [0.2, 0.25) is 5.89 Å². The van der Waals surface area contributed by atoms with Gasteiger partial charge in [-0.2, -0.15) is 0 Å². The minimum atomic E-state index is -0.959. The largest absolute Gasteiger partial charge is 0.480 e. The summed E-state index contributed by atoms with van der Waals surface area (Å²) in [7, 11) is 0. The lowest BCUT2D eigenvalue weighted by molar-refractivity contribution is -0.143. The van der Waals surface area contributed by atoms with Crippen molar-refractivity contribution in [2.45, 2.75) is 45.2 Å². The molecular weight excluding hydrogens is 262 g/mol. The van der Waals surface area contributed by atoms with E-state index in [0.717, 1.165) is 12.8 Å². The average Bonchev–Trinajstić information content (AvgIpc) is 2.85. The van der Waals surface area contributed by atoms with E-state index in [2.05, 4.69) is 10.3 Å². The molecule has 0 aliphatic carbocycles. The topological polar surface area (TPSA) is 95.7 Å². The number of carbonyl (C=O) groups excluding carboxylic acids is 1. The molecule has 1 aromatic rings. The molecule has 2 atom stereocenters. The molecule has 20 heavy (non-hydrogen) atoms. The fourth-order valence-corrected chi connectivity index (χ4v) is 2.33. The van der Waals surface area contributed by atoms with Crippen molar-refractivity contribution in [1.82, 2.24) is 15.2 Å². The number of nitrogens with zero attached hydrogens (tertiary/aromatic N) is 2. The third kappa shape index (κ3) is 3.09. The van der Waals surface area contributed by atoms with Crippen LogP contribution in [0.15, 0.2) is 10.6 Å². The Morgan fingerprint density at radius 1 is 1.55 bits per heavy atom. The van der Waals surface area contributed by atoms with E-state index < -0.39 is 18.1 Å². The second-order valence-corrected chi connectivity index (χ2v) is 5.02. The number of aryl methyl sites for hydroxylation is 1. The molecule has 0 radical (unpaired) electrons. The molecule has 7 heteroatoms. The lowest BCUT2D eigenvalue weighted by Crippen LogP contribution is -2.52. The summed E-state index contributed by atoms with van der Waals surface area (Å²) in [5.74, 6) is 0.127. The monoisotopic (exact) mass is 281 g/mol. The summed E-state index contributed by atoms with van der Waals surface area (Å²) in [6, 6.07) is -1.53. The number of nitrogens with one attached hydrogen (secondary N) is 1. The number of aliphatic carboxylic acids is 1. The van der Waals surface area contributed by atoms with E-state index >= 15 is 0 Å². The van der Waals surface area contributed by atoms with E-state index in [1.165, 1.54) is 4.90 Å². The number of hydrogen-bond donors (Lipinski definition) is 2. The second-order valence-electron chi connectivity index (χ2n) is 5.02. The first-order chi connectivity index (χ1) is 9.49. The van der Waals surface area contributed by atoms with Crippen LogP contribution in [0, 0.1) is 6.92 Å². The Morgan fingerprint density at radius 3 is 2.90 bits per heavy atom. The molecule has 1 aliphatic heterocycles. The molecule has 0 bridgehead atoms. The molecule has 2 heterocycles. The summed E-state index contributed by atoms with van der Waals surface area (Å²) in [5, 5.41) is 11.9. The standard InChI is InChI=1S/C13H19N3O4/c1-8-7-14-11(20-8)9(2)15-13(19)16-6-4-3-5-10(16)12(17)18/h7,9-10H,3-6H2,1-2H3,(H,15,19)(H,17,18). The van der Waals surface area contributed by atoms with Crippen molar-refractivity contribution in [2.24, 2.45) is 0 Å². The molecule has 1 fully saturated rings. The third-order valence-electron chi connectivity index (χ3n) is 3.40. The van der Waals surface area contributed by atoms with Crippen molar-refractivity contribution in [3.05, 3.63) is 17.8 Å². The number of carboxylic acids is 1. The molecule has 2 N–H and O–H groups in total. The van der Waals surface area contributed by atoms with Crippen molar-refractivity contribution in [2.75, 3.05) is 6.54 Å². The second kappa shape index (κ2) is 5.94. The van der Waals surface area contributed by atoms with Crippen LogP contribution in [0.2, 0.25) is 0 Å². The van der Waals surface area contributed by atoms with Gasteiger partial charge < -0.3 is 19.7 Å². The highest BCUT2D eigenvalue weighted by molar-refractivity contribution is 5.83. The zero-order valence-electron chi connectivity index (χ0n) is 11.6. The van der Waals surface area contributed by atoms with Crippen LogP contribution >= 0.6 is 0 Å². The molecule has 2 rings (SSSR count). The molecule has 1 aliphatic rings. The van der Waals surface area contributed by atoms with Crippen LogP contribution in [0.3, 0.4) is 0 Å². The maximum Gasteiger partial charge on any atom is 0.326 e. The van der Waals surface area contributed by atoms with Gasteiger partial charge >= 0.3 is 12.0 Å². The summed E-state index contributed by atoms with van der Waals surface area (Å²) in [6.07, 6.45) is 3.73. The smallest absolute Gasteiger partial charge is 0.326 e. The van der Waals surface area contributed by atoms with Gasteiger partial charge in [-0.15, -0.1) is 0 Å². The summed E-state index contributed by atoms with van der Waals surface area (Å²) >= 11 is 0. The van der Waals surface area contributed by atoms with E-state index in [0.29, 0.717) is 24.6 Å². The van der Waals surface area contributed by atoms with Crippen molar-refractivity contribution in [3.63, 3.8) is 0 Å². The van der Waals surface area contributed by atoms with Gasteiger partial charge in [-0.05, 0) is 33.1 Å². The summed E-state index contributed by atoms with van der Waals surface area (Å²) < 4.78 is 5.35. The molecule has 0 aromatic carbocycles. The number of oxazole rings is 1. The predicted molar refractivity (Wildman–Crippen MR) is 70.2 cm³/mol. The Morgan fingerprint density at radius 2 is 2.30 bits per heavy atom. The van der Waals surface area contributed by atoms with Gasteiger partial charge in [-0.3, -0.25) is 0 Å².